The second-order valence-electron chi connectivity index (χ2n) is 4.80. The van der Waals surface area contributed by atoms with Crippen molar-refractivity contribution in [1.29, 1.82) is 0 Å². The molecule has 0 saturated carbocycles. The Balaban J connectivity index is 2.59. The first-order valence-corrected chi connectivity index (χ1v) is 6.38. The van der Waals surface area contributed by atoms with Gasteiger partial charge in [-0.3, -0.25) is 4.79 Å². The van der Waals surface area contributed by atoms with E-state index >= 15 is 0 Å². The highest BCUT2D eigenvalue weighted by Crippen LogP contribution is 2.27. The van der Waals surface area contributed by atoms with E-state index in [1.165, 1.54) is 0 Å². The summed E-state index contributed by atoms with van der Waals surface area (Å²) in [7, 11) is 1.58. The van der Waals surface area contributed by atoms with Gasteiger partial charge in [0.25, 0.3) is 0 Å². The Hall–Kier alpha value is -1.07. The van der Waals surface area contributed by atoms with E-state index in [0.29, 0.717) is 11.4 Å². The lowest BCUT2D eigenvalue weighted by Crippen LogP contribution is -2.27. The summed E-state index contributed by atoms with van der Waals surface area (Å²) in [6, 6.07) is 5.36. The predicted molar refractivity (Wildman–Crippen MR) is 75.0 cm³/mol. The molecule has 1 rings (SSSR count). The second kappa shape index (κ2) is 6.20. The number of carbonyl (C=O) groups is 1. The lowest BCUT2D eigenvalue weighted by molar-refractivity contribution is -0.125. The highest BCUT2D eigenvalue weighted by molar-refractivity contribution is 9.10. The van der Waals surface area contributed by atoms with Crippen molar-refractivity contribution in [3.8, 4) is 5.75 Å². The Morgan fingerprint density at radius 3 is 2.61 bits per heavy atom. The fraction of sp³-hybridized carbons (Fsp3) is 0.462. The summed E-state index contributed by atoms with van der Waals surface area (Å²) in [5.74, 6) is 0.485. The van der Waals surface area contributed by atoms with Crippen molar-refractivity contribution >= 4 is 27.5 Å². The van der Waals surface area contributed by atoms with Crippen LogP contribution in [0.5, 0.6) is 5.75 Å². The average molecular weight is 316 g/mol. The van der Waals surface area contributed by atoms with Gasteiger partial charge in [-0.2, -0.15) is 0 Å². The number of nitrogens with one attached hydrogen (secondary N) is 1. The third kappa shape index (κ3) is 5.06. The monoisotopic (exact) mass is 315 g/mol. The molecule has 0 aliphatic rings. The fourth-order valence-electron chi connectivity index (χ4n) is 1.22. The molecule has 0 atom stereocenters. The van der Waals surface area contributed by atoms with Crippen molar-refractivity contribution in [1.82, 2.24) is 0 Å². The number of anilines is 1. The number of benzene rings is 1. The lowest BCUT2D eigenvalue weighted by Gasteiger charge is -2.19. The SMILES string of the molecule is COc1cc(NC(=O)COC(C)(C)C)ccc1Br. The van der Waals surface area contributed by atoms with E-state index in [0.717, 1.165) is 4.47 Å². The summed E-state index contributed by atoms with van der Waals surface area (Å²) in [4.78, 5) is 11.7. The van der Waals surface area contributed by atoms with E-state index in [1.54, 1.807) is 19.2 Å². The van der Waals surface area contributed by atoms with Crippen molar-refractivity contribution in [2.75, 3.05) is 19.0 Å². The van der Waals surface area contributed by atoms with Crippen molar-refractivity contribution in [3.05, 3.63) is 22.7 Å². The first-order valence-electron chi connectivity index (χ1n) is 5.59. The Bertz CT molecular complexity index is 427. The van der Waals surface area contributed by atoms with Crippen molar-refractivity contribution in [2.24, 2.45) is 0 Å². The third-order valence-electron chi connectivity index (χ3n) is 2.07. The number of hydrogen-bond donors (Lipinski definition) is 1. The van der Waals surface area contributed by atoms with Gasteiger partial charge in [0.05, 0.1) is 17.2 Å². The van der Waals surface area contributed by atoms with Crippen LogP contribution in [0.15, 0.2) is 22.7 Å². The Kier molecular flexibility index (Phi) is 5.16. The zero-order valence-corrected chi connectivity index (χ0v) is 12.6. The van der Waals surface area contributed by atoms with E-state index in [4.69, 9.17) is 9.47 Å². The van der Waals surface area contributed by atoms with Gasteiger partial charge in [0.1, 0.15) is 12.4 Å². The molecule has 0 unspecified atom stereocenters. The molecule has 0 saturated heterocycles. The topological polar surface area (TPSA) is 47.6 Å². The smallest absolute Gasteiger partial charge is 0.250 e. The first-order chi connectivity index (χ1) is 8.31. The van der Waals surface area contributed by atoms with Gasteiger partial charge in [-0.05, 0) is 48.8 Å². The summed E-state index contributed by atoms with van der Waals surface area (Å²) >= 11 is 3.35. The molecule has 0 radical (unpaired) electrons. The van der Waals surface area contributed by atoms with Gasteiger partial charge in [0, 0.05) is 11.8 Å². The summed E-state index contributed by atoms with van der Waals surface area (Å²) in [6.45, 7) is 5.75. The van der Waals surface area contributed by atoms with Gasteiger partial charge in [0.15, 0.2) is 0 Å². The molecule has 0 aliphatic heterocycles. The van der Waals surface area contributed by atoms with Gasteiger partial charge >= 0.3 is 0 Å². The maximum absolute atomic E-state index is 11.7. The summed E-state index contributed by atoms with van der Waals surface area (Å²) in [5.41, 5.74) is 0.354. The summed E-state index contributed by atoms with van der Waals surface area (Å²) < 4.78 is 11.4. The largest absolute Gasteiger partial charge is 0.495 e. The van der Waals surface area contributed by atoms with Crippen LogP contribution in [-0.2, 0) is 9.53 Å². The van der Waals surface area contributed by atoms with Crippen molar-refractivity contribution in [3.63, 3.8) is 0 Å². The predicted octanol–water partition coefficient (Wildman–Crippen LogP) is 3.21. The number of amides is 1. The molecule has 5 heteroatoms. The Morgan fingerprint density at radius 2 is 2.06 bits per heavy atom. The molecule has 0 heterocycles. The van der Waals surface area contributed by atoms with Gasteiger partial charge in [-0.1, -0.05) is 0 Å². The number of methoxy groups -OCH3 is 1. The van der Waals surface area contributed by atoms with E-state index in [9.17, 15) is 4.79 Å². The van der Waals surface area contributed by atoms with E-state index in [-0.39, 0.29) is 18.1 Å². The van der Waals surface area contributed by atoms with E-state index in [2.05, 4.69) is 21.2 Å². The van der Waals surface area contributed by atoms with Gasteiger partial charge in [0.2, 0.25) is 5.91 Å². The molecule has 0 spiro atoms. The molecular formula is C13H18BrNO3. The van der Waals surface area contributed by atoms with E-state index < -0.39 is 0 Å². The molecule has 0 fully saturated rings. The quantitative estimate of drug-likeness (QED) is 0.928. The van der Waals surface area contributed by atoms with Crippen LogP contribution in [0.3, 0.4) is 0 Å². The molecule has 1 N–H and O–H groups in total. The highest BCUT2D eigenvalue weighted by Gasteiger charge is 2.13. The number of hydrogen-bond acceptors (Lipinski definition) is 3. The van der Waals surface area contributed by atoms with Crippen LogP contribution in [-0.4, -0.2) is 25.2 Å². The van der Waals surface area contributed by atoms with Gasteiger partial charge in [-0.25, -0.2) is 0 Å². The summed E-state index contributed by atoms with van der Waals surface area (Å²) in [6.07, 6.45) is 0. The molecular weight excluding hydrogens is 298 g/mol. The van der Waals surface area contributed by atoms with Gasteiger partial charge in [-0.15, -0.1) is 0 Å². The number of rotatable bonds is 4. The molecule has 1 amide bonds. The normalized spacial score (nSPS) is 11.2. The van der Waals surface area contributed by atoms with Crippen LogP contribution in [0.4, 0.5) is 5.69 Å². The number of carbonyl (C=O) groups excluding carboxylic acids is 1. The lowest BCUT2D eigenvalue weighted by atomic mass is 10.2. The van der Waals surface area contributed by atoms with Gasteiger partial charge < -0.3 is 14.8 Å². The molecule has 4 nitrogen and oxygen atoms in total. The molecule has 0 aliphatic carbocycles. The fourth-order valence-corrected chi connectivity index (χ4v) is 1.63. The molecule has 0 bridgehead atoms. The Morgan fingerprint density at radius 1 is 1.39 bits per heavy atom. The third-order valence-corrected chi connectivity index (χ3v) is 2.73. The molecule has 18 heavy (non-hydrogen) atoms. The number of ether oxygens (including phenoxy) is 2. The van der Waals surface area contributed by atoms with Crippen molar-refractivity contribution < 1.29 is 14.3 Å². The average Bonchev–Trinajstić information content (AvgIpc) is 2.28. The van der Waals surface area contributed by atoms with Crippen molar-refractivity contribution in [2.45, 2.75) is 26.4 Å². The van der Waals surface area contributed by atoms with Crippen LogP contribution in [0.1, 0.15) is 20.8 Å². The minimum atomic E-state index is -0.325. The zero-order valence-electron chi connectivity index (χ0n) is 11.0. The molecule has 1 aromatic carbocycles. The molecule has 0 aromatic heterocycles. The highest BCUT2D eigenvalue weighted by atomic mass is 79.9. The minimum Gasteiger partial charge on any atom is -0.495 e. The molecule has 1 aromatic rings. The van der Waals surface area contributed by atoms with Crippen LogP contribution < -0.4 is 10.1 Å². The Labute approximate surface area is 116 Å². The standard InChI is InChI=1S/C13H18BrNO3/c1-13(2,3)18-8-12(16)15-9-5-6-10(14)11(7-9)17-4/h5-7H,8H2,1-4H3,(H,15,16). The maximum Gasteiger partial charge on any atom is 0.250 e. The zero-order chi connectivity index (χ0) is 13.8. The van der Waals surface area contributed by atoms with Crippen LogP contribution in [0.2, 0.25) is 0 Å². The minimum absolute atomic E-state index is 0.0296. The first kappa shape index (κ1) is 15.0. The van der Waals surface area contributed by atoms with Crippen LogP contribution >= 0.6 is 15.9 Å². The maximum atomic E-state index is 11.7. The van der Waals surface area contributed by atoms with Crippen LogP contribution in [0.25, 0.3) is 0 Å². The van der Waals surface area contributed by atoms with Crippen LogP contribution in [0, 0.1) is 0 Å². The second-order valence-corrected chi connectivity index (χ2v) is 5.65. The summed E-state index contributed by atoms with van der Waals surface area (Å²) in [5, 5.41) is 2.75. The van der Waals surface area contributed by atoms with E-state index in [1.807, 2.05) is 26.8 Å². The number of halogens is 1. The molecule has 100 valence electrons.